The van der Waals surface area contributed by atoms with E-state index in [1.54, 1.807) is 49.9 Å². The van der Waals surface area contributed by atoms with Gasteiger partial charge in [-0.3, -0.25) is 9.59 Å². The lowest BCUT2D eigenvalue weighted by molar-refractivity contribution is -0.145. The summed E-state index contributed by atoms with van der Waals surface area (Å²) in [5, 5.41) is 26.0. The molecule has 0 aliphatic carbocycles. The van der Waals surface area contributed by atoms with Crippen LogP contribution >= 0.6 is 0 Å². The van der Waals surface area contributed by atoms with Crippen LogP contribution in [-0.2, 0) is 20.7 Å². The number of hydrogen-bond acceptors (Lipinski definition) is 6. The highest BCUT2D eigenvalue weighted by Gasteiger charge is 2.39. The van der Waals surface area contributed by atoms with Gasteiger partial charge < -0.3 is 30.5 Å². The number of benzene rings is 2. The van der Waals surface area contributed by atoms with Crippen LogP contribution in [0.15, 0.2) is 48.5 Å². The second kappa shape index (κ2) is 16.2. The number of carbonyl (C=O) groups excluding carboxylic acids is 3. The summed E-state index contributed by atoms with van der Waals surface area (Å²) in [6.07, 6.45) is 2.42. The Labute approximate surface area is 257 Å². The van der Waals surface area contributed by atoms with E-state index < -0.39 is 35.7 Å². The number of phenols is 2. The first kappa shape index (κ1) is 35.4. The lowest BCUT2D eigenvalue weighted by atomic mass is 9.95. The van der Waals surface area contributed by atoms with Gasteiger partial charge in [0, 0.05) is 18.5 Å². The summed E-state index contributed by atoms with van der Waals surface area (Å²) in [6, 6.07) is 10.1. The highest BCUT2D eigenvalue weighted by atomic mass is 16.6. The maximum Gasteiger partial charge on any atom is 0.408 e. The van der Waals surface area contributed by atoms with Gasteiger partial charge in [0.25, 0.3) is 0 Å². The van der Waals surface area contributed by atoms with E-state index in [2.05, 4.69) is 24.5 Å². The van der Waals surface area contributed by atoms with Crippen molar-refractivity contribution in [2.75, 3.05) is 0 Å². The fourth-order valence-corrected chi connectivity index (χ4v) is 4.97. The Balaban J connectivity index is 2.66. The molecule has 0 fully saturated rings. The quantitative estimate of drug-likeness (QED) is 0.204. The van der Waals surface area contributed by atoms with E-state index in [9.17, 15) is 24.6 Å². The molecule has 0 aliphatic heterocycles. The maximum absolute atomic E-state index is 14.7. The molecule has 2 aromatic rings. The van der Waals surface area contributed by atoms with Gasteiger partial charge in [0.2, 0.25) is 11.8 Å². The molecule has 43 heavy (non-hydrogen) atoms. The predicted octanol–water partition coefficient (Wildman–Crippen LogP) is 6.23. The van der Waals surface area contributed by atoms with E-state index in [1.165, 1.54) is 24.3 Å². The molecule has 2 aromatic carbocycles. The van der Waals surface area contributed by atoms with Gasteiger partial charge in [-0.15, -0.1) is 0 Å². The third-order valence-corrected chi connectivity index (χ3v) is 7.08. The minimum atomic E-state index is -1.08. The van der Waals surface area contributed by atoms with Crippen molar-refractivity contribution in [3.8, 4) is 11.5 Å². The van der Waals surface area contributed by atoms with Gasteiger partial charge in [-0.05, 0) is 95.2 Å². The number of rotatable bonds is 14. The van der Waals surface area contributed by atoms with Crippen LogP contribution in [0.4, 0.5) is 4.79 Å². The van der Waals surface area contributed by atoms with Crippen LogP contribution in [0.3, 0.4) is 0 Å². The first-order valence-corrected chi connectivity index (χ1v) is 15.3. The molecule has 9 nitrogen and oxygen atoms in total. The fraction of sp³-hybridized carbons (Fsp3) is 0.559. The molecule has 9 heteroatoms. The van der Waals surface area contributed by atoms with Crippen LogP contribution in [-0.4, -0.2) is 56.7 Å². The summed E-state index contributed by atoms with van der Waals surface area (Å²) in [4.78, 5) is 43.3. The highest BCUT2D eigenvalue weighted by molar-refractivity contribution is 5.92. The Morgan fingerprint density at radius 1 is 0.884 bits per heavy atom. The van der Waals surface area contributed by atoms with Crippen molar-refractivity contribution in [1.82, 2.24) is 15.5 Å². The Bertz CT molecular complexity index is 1190. The Kier molecular flexibility index (Phi) is 13.3. The van der Waals surface area contributed by atoms with E-state index in [0.29, 0.717) is 23.5 Å². The van der Waals surface area contributed by atoms with Crippen LogP contribution in [0, 0.1) is 5.92 Å². The van der Waals surface area contributed by atoms with Crippen molar-refractivity contribution >= 4 is 17.9 Å². The number of amides is 3. The zero-order valence-electron chi connectivity index (χ0n) is 27.0. The summed E-state index contributed by atoms with van der Waals surface area (Å²) < 4.78 is 5.51. The lowest BCUT2D eigenvalue weighted by Crippen LogP contribution is -2.56. The molecule has 0 saturated carbocycles. The van der Waals surface area contributed by atoms with Crippen molar-refractivity contribution in [2.45, 2.75) is 117 Å². The summed E-state index contributed by atoms with van der Waals surface area (Å²) in [6.45, 7) is 15.3. The van der Waals surface area contributed by atoms with E-state index in [4.69, 9.17) is 4.74 Å². The predicted molar refractivity (Wildman–Crippen MR) is 169 cm³/mol. The van der Waals surface area contributed by atoms with Crippen LogP contribution in [0.2, 0.25) is 0 Å². The Hall–Kier alpha value is -3.75. The molecule has 0 spiro atoms. The molecule has 238 valence electrons. The standard InChI is InChI=1S/C34H51N3O6/c1-9-11-23(4)35-31(40)30(26-12-10-13-28(39)21-26)37(24(5)15-14-22(2)3)32(41)29(36-33(42)43-34(6,7)8)20-25-16-18-27(38)19-17-25/h10,12-13,16-19,21-24,29-30,38-39H,9,11,14-15,20H2,1-8H3,(H,35,40)(H,36,42). The number of phenolic OH excluding ortho intramolecular Hbond substituents is 2. The fourth-order valence-electron chi connectivity index (χ4n) is 4.97. The first-order valence-electron chi connectivity index (χ1n) is 15.3. The van der Waals surface area contributed by atoms with E-state index in [0.717, 1.165) is 19.3 Å². The van der Waals surface area contributed by atoms with Crippen LogP contribution in [0.1, 0.15) is 98.2 Å². The van der Waals surface area contributed by atoms with Gasteiger partial charge in [-0.1, -0.05) is 51.5 Å². The number of aromatic hydroxyl groups is 2. The number of nitrogens with one attached hydrogen (secondary N) is 2. The van der Waals surface area contributed by atoms with Crippen molar-refractivity contribution in [1.29, 1.82) is 0 Å². The number of alkyl carbamates (subject to hydrolysis) is 1. The summed E-state index contributed by atoms with van der Waals surface area (Å²) in [7, 11) is 0. The minimum absolute atomic E-state index is 0.0216. The molecule has 0 radical (unpaired) electrons. The molecule has 2 rings (SSSR count). The van der Waals surface area contributed by atoms with Gasteiger partial charge in [0.1, 0.15) is 29.2 Å². The van der Waals surface area contributed by atoms with Gasteiger partial charge >= 0.3 is 6.09 Å². The van der Waals surface area contributed by atoms with Gasteiger partial charge in [0.05, 0.1) is 0 Å². The van der Waals surface area contributed by atoms with Crippen molar-refractivity contribution in [2.24, 2.45) is 5.92 Å². The van der Waals surface area contributed by atoms with Crippen molar-refractivity contribution in [3.63, 3.8) is 0 Å². The molecular weight excluding hydrogens is 546 g/mol. The minimum Gasteiger partial charge on any atom is -0.508 e. The molecule has 0 heterocycles. The SMILES string of the molecule is CCCC(C)NC(=O)C(c1cccc(O)c1)N(C(=O)C(Cc1ccc(O)cc1)NC(=O)OC(C)(C)C)C(C)CCC(C)C. The van der Waals surface area contributed by atoms with Crippen molar-refractivity contribution in [3.05, 3.63) is 59.7 Å². The molecule has 0 aromatic heterocycles. The number of nitrogens with zero attached hydrogens (tertiary/aromatic N) is 1. The first-order chi connectivity index (χ1) is 20.1. The summed E-state index contributed by atoms with van der Waals surface area (Å²) in [5.74, 6) is -0.396. The number of hydrogen-bond donors (Lipinski definition) is 4. The van der Waals surface area contributed by atoms with E-state index >= 15 is 0 Å². The monoisotopic (exact) mass is 597 g/mol. The maximum atomic E-state index is 14.7. The Morgan fingerprint density at radius 3 is 2.09 bits per heavy atom. The van der Waals surface area contributed by atoms with Crippen LogP contribution in [0.5, 0.6) is 11.5 Å². The van der Waals surface area contributed by atoms with Crippen LogP contribution in [0.25, 0.3) is 0 Å². The van der Waals surface area contributed by atoms with Crippen LogP contribution < -0.4 is 10.6 Å². The molecule has 0 saturated heterocycles. The molecule has 4 unspecified atom stereocenters. The smallest absolute Gasteiger partial charge is 0.408 e. The van der Waals surface area contributed by atoms with Gasteiger partial charge in [-0.2, -0.15) is 0 Å². The summed E-state index contributed by atoms with van der Waals surface area (Å²) in [5.41, 5.74) is 0.378. The van der Waals surface area contributed by atoms with E-state index in [1.807, 2.05) is 20.8 Å². The molecule has 4 N–H and O–H groups in total. The average Bonchev–Trinajstić information content (AvgIpc) is 2.89. The molecule has 0 bridgehead atoms. The normalized spacial score (nSPS) is 14.3. The molecule has 0 aliphatic rings. The molecular formula is C34H51N3O6. The zero-order chi connectivity index (χ0) is 32.3. The lowest BCUT2D eigenvalue weighted by Gasteiger charge is -2.39. The van der Waals surface area contributed by atoms with E-state index in [-0.39, 0.29) is 29.9 Å². The van der Waals surface area contributed by atoms with Gasteiger partial charge in [-0.25, -0.2) is 4.79 Å². The van der Waals surface area contributed by atoms with Crippen molar-refractivity contribution < 1.29 is 29.3 Å². The largest absolute Gasteiger partial charge is 0.508 e. The number of carbonyl (C=O) groups is 3. The molecule has 4 atom stereocenters. The third kappa shape index (κ3) is 11.8. The second-order valence-electron chi connectivity index (χ2n) is 12.8. The van der Waals surface area contributed by atoms with Gasteiger partial charge in [0.15, 0.2) is 0 Å². The highest BCUT2D eigenvalue weighted by Crippen LogP contribution is 2.30. The zero-order valence-corrected chi connectivity index (χ0v) is 27.0. The molecule has 3 amide bonds. The topological polar surface area (TPSA) is 128 Å². The summed E-state index contributed by atoms with van der Waals surface area (Å²) >= 11 is 0. The Morgan fingerprint density at radius 2 is 1.53 bits per heavy atom. The average molecular weight is 598 g/mol. The third-order valence-electron chi connectivity index (χ3n) is 7.08. The number of ether oxygens (including phenoxy) is 1. The second-order valence-corrected chi connectivity index (χ2v) is 12.8.